The minimum absolute atomic E-state index is 0.110. The molecule has 1 saturated carbocycles. The van der Waals surface area contributed by atoms with Crippen LogP contribution in [0.2, 0.25) is 0 Å². The van der Waals surface area contributed by atoms with Crippen LogP contribution in [0.15, 0.2) is 54.7 Å². The molecule has 1 unspecified atom stereocenters. The number of hydrogen-bond acceptors (Lipinski definition) is 4. The Morgan fingerprint density at radius 1 is 1.08 bits per heavy atom. The number of aromatic nitrogens is 1. The second-order valence-electron chi connectivity index (χ2n) is 10.9. The van der Waals surface area contributed by atoms with Gasteiger partial charge in [-0.15, -0.1) is 0 Å². The lowest BCUT2D eigenvalue weighted by Crippen LogP contribution is -2.53. The summed E-state index contributed by atoms with van der Waals surface area (Å²) in [5.41, 5.74) is 2.01. The molecule has 1 saturated heterocycles. The van der Waals surface area contributed by atoms with E-state index in [-0.39, 0.29) is 30.9 Å². The van der Waals surface area contributed by atoms with Crippen LogP contribution in [-0.2, 0) is 27.4 Å². The molecule has 8 heteroatoms. The lowest BCUT2D eigenvalue weighted by Gasteiger charge is -2.35. The Morgan fingerprint density at radius 3 is 2.54 bits per heavy atom. The molecule has 0 radical (unpaired) electrons. The second-order valence-corrected chi connectivity index (χ2v) is 10.9. The van der Waals surface area contributed by atoms with Gasteiger partial charge in [-0.3, -0.25) is 4.79 Å². The third-order valence-electron chi connectivity index (χ3n) is 6.77. The van der Waals surface area contributed by atoms with Crippen LogP contribution in [0.5, 0.6) is 0 Å². The van der Waals surface area contributed by atoms with Crippen LogP contribution in [0, 0.1) is 5.82 Å². The van der Waals surface area contributed by atoms with Gasteiger partial charge >= 0.3 is 6.09 Å². The van der Waals surface area contributed by atoms with Gasteiger partial charge in [-0.1, -0.05) is 36.4 Å². The van der Waals surface area contributed by atoms with E-state index in [1.807, 2.05) is 66.8 Å². The number of rotatable bonds is 6. The standard InChI is InChI=1S/C29H34FN3O4/c1-29(2,3)37-28(35)31-14-15-36-26(19-31)27(34)33(22-12-13-22)18-21-17-32(25-11-7-5-9-23(21)25)16-20-8-4-6-10-24(20)30/h4-11,17,22,26H,12-16,18-19H2,1-3H3. The molecule has 1 aromatic heterocycles. The number of carbonyl (C=O) groups excluding carboxylic acids is 2. The first-order valence-electron chi connectivity index (χ1n) is 12.9. The van der Waals surface area contributed by atoms with Crippen LogP contribution in [-0.4, -0.2) is 63.8 Å². The fourth-order valence-corrected chi connectivity index (χ4v) is 4.82. The number of halogens is 1. The van der Waals surface area contributed by atoms with Crippen LogP contribution >= 0.6 is 0 Å². The Balaban J connectivity index is 1.36. The van der Waals surface area contributed by atoms with Crippen LogP contribution in [0.25, 0.3) is 10.9 Å². The molecule has 2 amide bonds. The molecule has 1 aliphatic heterocycles. The summed E-state index contributed by atoms with van der Waals surface area (Å²) < 4.78 is 27.8. The lowest BCUT2D eigenvalue weighted by atomic mass is 10.1. The Bertz CT molecular complexity index is 1290. The van der Waals surface area contributed by atoms with Crippen molar-refractivity contribution in [2.24, 2.45) is 0 Å². The van der Waals surface area contributed by atoms with E-state index < -0.39 is 17.8 Å². The van der Waals surface area contributed by atoms with Crippen molar-refractivity contribution in [2.75, 3.05) is 19.7 Å². The van der Waals surface area contributed by atoms with E-state index in [1.54, 1.807) is 17.0 Å². The lowest BCUT2D eigenvalue weighted by molar-refractivity contribution is -0.150. The van der Waals surface area contributed by atoms with Crippen molar-refractivity contribution in [3.05, 3.63) is 71.7 Å². The number of amides is 2. The Labute approximate surface area is 216 Å². The number of nitrogens with zero attached hydrogens (tertiary/aromatic N) is 3. The summed E-state index contributed by atoms with van der Waals surface area (Å²) in [5, 5.41) is 1.04. The molecule has 5 rings (SSSR count). The summed E-state index contributed by atoms with van der Waals surface area (Å²) >= 11 is 0. The molecular weight excluding hydrogens is 473 g/mol. The topological polar surface area (TPSA) is 64.0 Å². The molecule has 0 bridgehead atoms. The predicted octanol–water partition coefficient (Wildman–Crippen LogP) is 4.96. The van der Waals surface area contributed by atoms with E-state index in [4.69, 9.17) is 9.47 Å². The average Bonchev–Trinajstić information content (AvgIpc) is 3.66. The molecule has 2 aliphatic rings. The van der Waals surface area contributed by atoms with Gasteiger partial charge in [0.1, 0.15) is 11.4 Å². The van der Waals surface area contributed by atoms with Crippen molar-refractivity contribution in [3.8, 4) is 0 Å². The van der Waals surface area contributed by atoms with Crippen molar-refractivity contribution in [2.45, 2.75) is 64.4 Å². The number of carbonyl (C=O) groups is 2. The van der Waals surface area contributed by atoms with Gasteiger partial charge < -0.3 is 23.8 Å². The van der Waals surface area contributed by atoms with Gasteiger partial charge in [-0.05, 0) is 51.3 Å². The van der Waals surface area contributed by atoms with Crippen LogP contribution < -0.4 is 0 Å². The molecule has 7 nitrogen and oxygen atoms in total. The number of morpholine rings is 1. The van der Waals surface area contributed by atoms with E-state index in [9.17, 15) is 14.0 Å². The first kappa shape index (κ1) is 25.3. The minimum Gasteiger partial charge on any atom is -0.444 e. The van der Waals surface area contributed by atoms with Gasteiger partial charge in [0.2, 0.25) is 0 Å². The van der Waals surface area contributed by atoms with Crippen molar-refractivity contribution in [3.63, 3.8) is 0 Å². The number of fused-ring (bicyclic) bond motifs is 1. The van der Waals surface area contributed by atoms with Crippen LogP contribution in [0.3, 0.4) is 0 Å². The smallest absolute Gasteiger partial charge is 0.410 e. The molecule has 1 atom stereocenters. The average molecular weight is 508 g/mol. The van der Waals surface area contributed by atoms with Crippen molar-refractivity contribution in [1.82, 2.24) is 14.4 Å². The molecule has 2 heterocycles. The summed E-state index contributed by atoms with van der Waals surface area (Å²) in [4.78, 5) is 29.7. The van der Waals surface area contributed by atoms with Gasteiger partial charge in [0.15, 0.2) is 6.10 Å². The number of ether oxygens (including phenoxy) is 2. The highest BCUT2D eigenvalue weighted by atomic mass is 19.1. The fraction of sp³-hybridized carbons (Fsp3) is 0.448. The van der Waals surface area contributed by atoms with Gasteiger partial charge in [-0.2, -0.15) is 0 Å². The Hall–Kier alpha value is -3.39. The number of hydrogen-bond donors (Lipinski definition) is 0. The highest BCUT2D eigenvalue weighted by molar-refractivity contribution is 5.86. The molecule has 37 heavy (non-hydrogen) atoms. The summed E-state index contributed by atoms with van der Waals surface area (Å²) in [6.07, 6.45) is 2.76. The zero-order valence-electron chi connectivity index (χ0n) is 21.7. The van der Waals surface area contributed by atoms with Gasteiger partial charge in [0, 0.05) is 41.8 Å². The second kappa shape index (κ2) is 10.2. The van der Waals surface area contributed by atoms with Crippen LogP contribution in [0.4, 0.5) is 9.18 Å². The maximum absolute atomic E-state index is 14.4. The van der Waals surface area contributed by atoms with E-state index in [0.717, 1.165) is 29.3 Å². The van der Waals surface area contributed by atoms with Crippen LogP contribution in [0.1, 0.15) is 44.7 Å². The highest BCUT2D eigenvalue weighted by Gasteiger charge is 2.39. The fourth-order valence-electron chi connectivity index (χ4n) is 4.82. The predicted molar refractivity (Wildman–Crippen MR) is 139 cm³/mol. The van der Waals surface area contributed by atoms with Crippen molar-refractivity contribution in [1.29, 1.82) is 0 Å². The maximum Gasteiger partial charge on any atom is 0.410 e. The zero-order chi connectivity index (χ0) is 26.2. The molecule has 0 spiro atoms. The van der Waals surface area contributed by atoms with E-state index in [2.05, 4.69) is 0 Å². The summed E-state index contributed by atoms with van der Waals surface area (Å²) in [6, 6.07) is 15.0. The minimum atomic E-state index is -0.728. The van der Waals surface area contributed by atoms with Gasteiger partial charge in [0.05, 0.1) is 19.7 Å². The normalized spacial score (nSPS) is 18.2. The SMILES string of the molecule is CC(C)(C)OC(=O)N1CCOC(C(=O)N(Cc2cn(Cc3ccccc3F)c3ccccc23)C2CC2)C1. The summed E-state index contributed by atoms with van der Waals surface area (Å²) in [7, 11) is 0. The van der Waals surface area contributed by atoms with Crippen molar-refractivity contribution < 1.29 is 23.5 Å². The maximum atomic E-state index is 14.4. The monoisotopic (exact) mass is 507 g/mol. The first-order chi connectivity index (χ1) is 17.7. The zero-order valence-corrected chi connectivity index (χ0v) is 21.7. The molecule has 1 aliphatic carbocycles. The van der Waals surface area contributed by atoms with Gasteiger partial charge in [0.25, 0.3) is 5.91 Å². The van der Waals surface area contributed by atoms with E-state index >= 15 is 0 Å². The molecule has 196 valence electrons. The first-order valence-corrected chi connectivity index (χ1v) is 12.9. The Morgan fingerprint density at radius 2 is 1.81 bits per heavy atom. The highest BCUT2D eigenvalue weighted by Crippen LogP contribution is 2.32. The van der Waals surface area contributed by atoms with E-state index in [1.165, 1.54) is 6.07 Å². The molecule has 2 aromatic carbocycles. The molecule has 2 fully saturated rings. The summed E-state index contributed by atoms with van der Waals surface area (Å²) in [6.45, 7) is 7.16. The molecular formula is C29H34FN3O4. The van der Waals surface area contributed by atoms with E-state index in [0.29, 0.717) is 25.2 Å². The van der Waals surface area contributed by atoms with Gasteiger partial charge in [-0.25, -0.2) is 9.18 Å². The third-order valence-corrected chi connectivity index (χ3v) is 6.77. The largest absolute Gasteiger partial charge is 0.444 e. The molecule has 3 aromatic rings. The Kier molecular flexibility index (Phi) is 6.94. The number of benzene rings is 2. The molecule has 0 N–H and O–H groups in total. The third kappa shape index (κ3) is 5.80. The van der Waals surface area contributed by atoms with Crippen molar-refractivity contribution >= 4 is 22.9 Å². The quantitative estimate of drug-likeness (QED) is 0.473. The summed E-state index contributed by atoms with van der Waals surface area (Å²) in [5.74, 6) is -0.345. The number of para-hydroxylation sites is 1.